The lowest BCUT2D eigenvalue weighted by Gasteiger charge is -2.25. The minimum absolute atomic E-state index is 0.245. The monoisotopic (exact) mass is 177 g/mol. The molecule has 1 saturated heterocycles. The molecule has 13 heavy (non-hydrogen) atoms. The van der Waals surface area contributed by atoms with Crippen LogP contribution in [0.3, 0.4) is 0 Å². The number of nitrogens with one attached hydrogen (secondary N) is 1. The van der Waals surface area contributed by atoms with Crippen LogP contribution in [-0.2, 0) is 4.74 Å². The van der Waals surface area contributed by atoms with Gasteiger partial charge in [0.05, 0.1) is 12.7 Å². The van der Waals surface area contributed by atoms with Crippen molar-refractivity contribution in [3.8, 4) is 0 Å². The highest BCUT2D eigenvalue weighted by molar-refractivity contribution is 5.28. The maximum atomic E-state index is 5.68. The van der Waals surface area contributed by atoms with Gasteiger partial charge < -0.3 is 10.1 Å². The summed E-state index contributed by atoms with van der Waals surface area (Å²) in [5, 5.41) is 3.34. The zero-order valence-corrected chi connectivity index (χ0v) is 7.92. The second-order valence-corrected chi connectivity index (χ2v) is 3.42. The molecule has 1 fully saturated rings. The van der Waals surface area contributed by atoms with Crippen LogP contribution in [0.2, 0.25) is 0 Å². The molecule has 0 aromatic heterocycles. The zero-order chi connectivity index (χ0) is 9.10. The molecule has 0 saturated carbocycles. The predicted molar refractivity (Wildman–Crippen MR) is 52.7 cm³/mol. The minimum atomic E-state index is 0.245. The number of ether oxygens (including phenoxy) is 1. The van der Waals surface area contributed by atoms with E-state index in [4.69, 9.17) is 4.74 Å². The van der Waals surface area contributed by atoms with Gasteiger partial charge in [-0.2, -0.15) is 0 Å². The number of rotatable bonds is 1. The lowest BCUT2D eigenvalue weighted by atomic mass is 10.0. The van der Waals surface area contributed by atoms with E-state index in [2.05, 4.69) is 36.5 Å². The second-order valence-electron chi connectivity index (χ2n) is 3.42. The molecule has 1 N–H and O–H groups in total. The van der Waals surface area contributed by atoms with Gasteiger partial charge in [0.15, 0.2) is 0 Å². The van der Waals surface area contributed by atoms with E-state index >= 15 is 0 Å². The molecule has 1 aliphatic heterocycles. The van der Waals surface area contributed by atoms with Gasteiger partial charge in [-0.05, 0) is 18.1 Å². The number of benzene rings is 1. The maximum absolute atomic E-state index is 5.68. The summed E-state index contributed by atoms with van der Waals surface area (Å²) in [6, 6.07) is 8.41. The van der Waals surface area contributed by atoms with Gasteiger partial charge in [0.2, 0.25) is 0 Å². The molecule has 1 aliphatic rings. The normalized spacial score (nSPS) is 23.0. The van der Waals surface area contributed by atoms with Crippen molar-refractivity contribution in [3.63, 3.8) is 0 Å². The quantitative estimate of drug-likeness (QED) is 0.704. The van der Waals surface area contributed by atoms with Crippen molar-refractivity contribution in [2.45, 2.75) is 13.0 Å². The topological polar surface area (TPSA) is 21.3 Å². The Kier molecular flexibility index (Phi) is 2.62. The van der Waals surface area contributed by atoms with E-state index in [1.807, 2.05) is 0 Å². The molecular formula is C11H15NO. The van der Waals surface area contributed by atoms with Crippen molar-refractivity contribution in [1.29, 1.82) is 0 Å². The van der Waals surface area contributed by atoms with Crippen LogP contribution in [0.4, 0.5) is 0 Å². The summed E-state index contributed by atoms with van der Waals surface area (Å²) in [5.74, 6) is 0. The van der Waals surface area contributed by atoms with Crippen LogP contribution in [0.15, 0.2) is 24.3 Å². The van der Waals surface area contributed by atoms with Crippen LogP contribution in [-0.4, -0.2) is 19.7 Å². The summed E-state index contributed by atoms with van der Waals surface area (Å²) in [4.78, 5) is 0. The van der Waals surface area contributed by atoms with E-state index < -0.39 is 0 Å². The molecule has 2 heteroatoms. The Hall–Kier alpha value is -0.860. The zero-order valence-electron chi connectivity index (χ0n) is 7.92. The number of aryl methyl sites for hydroxylation is 1. The molecule has 0 radical (unpaired) electrons. The van der Waals surface area contributed by atoms with Crippen LogP contribution < -0.4 is 5.32 Å². The summed E-state index contributed by atoms with van der Waals surface area (Å²) in [7, 11) is 0. The van der Waals surface area contributed by atoms with E-state index in [1.54, 1.807) is 0 Å². The van der Waals surface area contributed by atoms with Gasteiger partial charge in [0.25, 0.3) is 0 Å². The van der Waals surface area contributed by atoms with E-state index in [-0.39, 0.29) is 6.10 Å². The first-order valence-corrected chi connectivity index (χ1v) is 4.76. The first kappa shape index (κ1) is 8.73. The number of hydrogen-bond donors (Lipinski definition) is 1. The third-order valence-corrected chi connectivity index (χ3v) is 2.46. The van der Waals surface area contributed by atoms with Crippen molar-refractivity contribution in [1.82, 2.24) is 5.32 Å². The highest BCUT2D eigenvalue weighted by atomic mass is 16.5. The highest BCUT2D eigenvalue weighted by Crippen LogP contribution is 2.21. The first-order chi connectivity index (χ1) is 6.38. The van der Waals surface area contributed by atoms with Crippen molar-refractivity contribution in [2.75, 3.05) is 19.7 Å². The molecule has 1 heterocycles. The molecule has 0 spiro atoms. The molecule has 0 unspecified atom stereocenters. The highest BCUT2D eigenvalue weighted by Gasteiger charge is 2.16. The number of hydrogen-bond acceptors (Lipinski definition) is 2. The second kappa shape index (κ2) is 3.90. The van der Waals surface area contributed by atoms with Gasteiger partial charge in [-0.1, -0.05) is 24.3 Å². The molecule has 2 nitrogen and oxygen atoms in total. The standard InChI is InChI=1S/C11H15NO/c1-9-4-2-3-5-10(9)11-8-12-6-7-13-11/h2-5,11-12H,6-8H2,1H3/t11-/m1/s1. The smallest absolute Gasteiger partial charge is 0.0952 e. The van der Waals surface area contributed by atoms with Crippen LogP contribution in [0, 0.1) is 6.92 Å². The predicted octanol–water partition coefficient (Wildman–Crippen LogP) is 1.66. The van der Waals surface area contributed by atoms with E-state index in [0.29, 0.717) is 0 Å². The van der Waals surface area contributed by atoms with Crippen molar-refractivity contribution < 1.29 is 4.74 Å². The number of morpholine rings is 1. The molecular weight excluding hydrogens is 162 g/mol. The summed E-state index contributed by atoms with van der Waals surface area (Å²) < 4.78 is 5.68. The van der Waals surface area contributed by atoms with Gasteiger partial charge in [-0.3, -0.25) is 0 Å². The van der Waals surface area contributed by atoms with Crippen molar-refractivity contribution in [2.24, 2.45) is 0 Å². The average molecular weight is 177 g/mol. The minimum Gasteiger partial charge on any atom is -0.371 e. The molecule has 1 atom stereocenters. The lowest BCUT2D eigenvalue weighted by Crippen LogP contribution is -2.33. The van der Waals surface area contributed by atoms with Gasteiger partial charge in [-0.15, -0.1) is 0 Å². The molecule has 0 aliphatic carbocycles. The molecule has 1 aromatic carbocycles. The Labute approximate surface area is 78.9 Å². The average Bonchev–Trinajstić information content (AvgIpc) is 2.20. The van der Waals surface area contributed by atoms with E-state index in [0.717, 1.165) is 19.7 Å². The van der Waals surface area contributed by atoms with E-state index in [1.165, 1.54) is 11.1 Å². The van der Waals surface area contributed by atoms with Gasteiger partial charge in [-0.25, -0.2) is 0 Å². The van der Waals surface area contributed by atoms with Crippen LogP contribution in [0.1, 0.15) is 17.2 Å². The Bertz CT molecular complexity index is 279. The van der Waals surface area contributed by atoms with Crippen LogP contribution in [0.5, 0.6) is 0 Å². The third-order valence-electron chi connectivity index (χ3n) is 2.46. The van der Waals surface area contributed by atoms with Crippen molar-refractivity contribution >= 4 is 0 Å². The van der Waals surface area contributed by atoms with Gasteiger partial charge in [0, 0.05) is 13.1 Å². The fourth-order valence-corrected chi connectivity index (χ4v) is 1.71. The third kappa shape index (κ3) is 1.90. The van der Waals surface area contributed by atoms with Crippen LogP contribution in [0.25, 0.3) is 0 Å². The SMILES string of the molecule is Cc1ccccc1[C@H]1CNCCO1. The summed E-state index contributed by atoms with van der Waals surface area (Å²) in [6.45, 7) is 4.86. The summed E-state index contributed by atoms with van der Waals surface area (Å²) in [5.41, 5.74) is 2.63. The fraction of sp³-hybridized carbons (Fsp3) is 0.455. The summed E-state index contributed by atoms with van der Waals surface area (Å²) in [6.07, 6.45) is 0.245. The van der Waals surface area contributed by atoms with E-state index in [9.17, 15) is 0 Å². The van der Waals surface area contributed by atoms with Gasteiger partial charge >= 0.3 is 0 Å². The molecule has 0 amide bonds. The molecule has 1 aromatic rings. The van der Waals surface area contributed by atoms with Crippen molar-refractivity contribution in [3.05, 3.63) is 35.4 Å². The molecule has 70 valence electrons. The Morgan fingerprint density at radius 3 is 2.92 bits per heavy atom. The first-order valence-electron chi connectivity index (χ1n) is 4.76. The Morgan fingerprint density at radius 1 is 1.38 bits per heavy atom. The van der Waals surface area contributed by atoms with Crippen LogP contribution >= 0.6 is 0 Å². The Balaban J connectivity index is 2.18. The lowest BCUT2D eigenvalue weighted by molar-refractivity contribution is 0.0273. The van der Waals surface area contributed by atoms with Gasteiger partial charge in [0.1, 0.15) is 0 Å². The maximum Gasteiger partial charge on any atom is 0.0952 e. The fourth-order valence-electron chi connectivity index (χ4n) is 1.71. The molecule has 0 bridgehead atoms. The summed E-state index contributed by atoms with van der Waals surface area (Å²) >= 11 is 0. The molecule has 2 rings (SSSR count). The Morgan fingerprint density at radius 2 is 2.23 bits per heavy atom. The largest absolute Gasteiger partial charge is 0.371 e.